The Hall–Kier alpha value is -3.26. The summed E-state index contributed by atoms with van der Waals surface area (Å²) in [7, 11) is 0. The van der Waals surface area contributed by atoms with Gasteiger partial charge in [0.1, 0.15) is 18.2 Å². The van der Waals surface area contributed by atoms with E-state index < -0.39 is 0 Å². The second-order valence-electron chi connectivity index (χ2n) is 7.51. The van der Waals surface area contributed by atoms with Crippen LogP contribution in [0.15, 0.2) is 35.2 Å². The molecule has 1 saturated heterocycles. The Morgan fingerprint density at radius 1 is 1.23 bits per heavy atom. The molecule has 0 aliphatic carbocycles. The van der Waals surface area contributed by atoms with Gasteiger partial charge in [0.2, 0.25) is 5.76 Å². The maximum absolute atomic E-state index is 12.6. The highest BCUT2D eigenvalue weighted by atomic mass is 16.5. The minimum atomic E-state index is -0.348. The zero-order valence-corrected chi connectivity index (χ0v) is 17.4. The predicted molar refractivity (Wildman–Crippen MR) is 113 cm³/mol. The van der Waals surface area contributed by atoms with Crippen molar-refractivity contribution in [2.24, 2.45) is 0 Å². The number of piperidine rings is 1. The minimum Gasteiger partial charge on any atom is -0.488 e. The van der Waals surface area contributed by atoms with E-state index in [1.807, 2.05) is 32.0 Å². The van der Waals surface area contributed by atoms with Crippen molar-refractivity contribution in [3.63, 3.8) is 0 Å². The molecule has 1 aliphatic rings. The number of carbonyl (C=O) groups excluding carboxylic acids is 1. The minimum absolute atomic E-state index is 0.0972. The topological polar surface area (TPSA) is 102 Å². The standard InChI is InChI=1S/C22H25N5O3/c1-13-10-26-30-21(13)22(28)27-16-6-7-19(29-17-5-4-8-23-11-17)18(9-16)20-14(2)24-12-25-15(20)3/h6-7,9-10,12,17,23H,4-5,8,11H2,1-3H3,(H,27,28). The lowest BCUT2D eigenvalue weighted by Gasteiger charge is -2.26. The Bertz CT molecular complexity index is 1040. The van der Waals surface area contributed by atoms with Gasteiger partial charge in [0.05, 0.1) is 6.20 Å². The average molecular weight is 407 g/mol. The molecule has 3 heterocycles. The zero-order chi connectivity index (χ0) is 21.1. The van der Waals surface area contributed by atoms with E-state index in [1.165, 1.54) is 6.20 Å². The second kappa shape index (κ2) is 8.62. The monoisotopic (exact) mass is 407 g/mol. The first kappa shape index (κ1) is 20.0. The average Bonchev–Trinajstić information content (AvgIpc) is 3.16. The quantitative estimate of drug-likeness (QED) is 0.668. The zero-order valence-electron chi connectivity index (χ0n) is 17.4. The van der Waals surface area contributed by atoms with Crippen molar-refractivity contribution in [2.45, 2.75) is 39.7 Å². The number of hydrogen-bond donors (Lipinski definition) is 2. The van der Waals surface area contributed by atoms with Crippen LogP contribution in [-0.2, 0) is 0 Å². The van der Waals surface area contributed by atoms with E-state index in [2.05, 4.69) is 25.8 Å². The maximum Gasteiger partial charge on any atom is 0.294 e. The molecular formula is C22H25N5O3. The van der Waals surface area contributed by atoms with Gasteiger partial charge in [-0.3, -0.25) is 4.79 Å². The molecule has 156 valence electrons. The van der Waals surface area contributed by atoms with E-state index in [0.29, 0.717) is 11.3 Å². The fraction of sp³-hybridized carbons (Fsp3) is 0.364. The van der Waals surface area contributed by atoms with E-state index in [4.69, 9.17) is 9.26 Å². The van der Waals surface area contributed by atoms with Crippen LogP contribution in [0, 0.1) is 20.8 Å². The number of ether oxygens (including phenoxy) is 1. The lowest BCUT2D eigenvalue weighted by Crippen LogP contribution is -2.37. The molecule has 30 heavy (non-hydrogen) atoms. The van der Waals surface area contributed by atoms with Gasteiger partial charge >= 0.3 is 0 Å². The third kappa shape index (κ3) is 4.18. The smallest absolute Gasteiger partial charge is 0.294 e. The van der Waals surface area contributed by atoms with Crippen LogP contribution in [0.2, 0.25) is 0 Å². The summed E-state index contributed by atoms with van der Waals surface area (Å²) in [5, 5.41) is 9.93. The normalized spacial score (nSPS) is 16.3. The van der Waals surface area contributed by atoms with Gasteiger partial charge in [-0.25, -0.2) is 9.97 Å². The van der Waals surface area contributed by atoms with Gasteiger partial charge in [-0.05, 0) is 58.4 Å². The molecule has 3 aromatic rings. The summed E-state index contributed by atoms with van der Waals surface area (Å²) in [5.41, 5.74) is 4.77. The van der Waals surface area contributed by atoms with Crippen LogP contribution >= 0.6 is 0 Å². The molecule has 8 nitrogen and oxygen atoms in total. The SMILES string of the molecule is Cc1cnoc1C(=O)Nc1ccc(OC2CCCNC2)c(-c2c(C)ncnc2C)c1. The number of carbonyl (C=O) groups is 1. The Balaban J connectivity index is 1.70. The number of nitrogens with zero attached hydrogens (tertiary/aromatic N) is 3. The molecule has 1 unspecified atom stereocenters. The summed E-state index contributed by atoms with van der Waals surface area (Å²) in [6.45, 7) is 7.49. The lowest BCUT2D eigenvalue weighted by molar-refractivity contribution is 0.0987. The molecule has 8 heteroatoms. The van der Waals surface area contributed by atoms with Gasteiger partial charge in [0, 0.05) is 40.3 Å². The molecule has 1 aliphatic heterocycles. The molecule has 4 rings (SSSR count). The molecule has 0 radical (unpaired) electrons. The lowest BCUT2D eigenvalue weighted by atomic mass is 10.0. The third-order valence-corrected chi connectivity index (χ3v) is 5.23. The number of nitrogens with one attached hydrogen (secondary N) is 2. The molecule has 2 N–H and O–H groups in total. The molecule has 0 bridgehead atoms. The largest absolute Gasteiger partial charge is 0.488 e. The number of anilines is 1. The van der Waals surface area contributed by atoms with E-state index in [-0.39, 0.29) is 17.8 Å². The van der Waals surface area contributed by atoms with Crippen molar-refractivity contribution in [2.75, 3.05) is 18.4 Å². The Labute approximate surface area is 175 Å². The highest BCUT2D eigenvalue weighted by Crippen LogP contribution is 2.36. The number of amides is 1. The van der Waals surface area contributed by atoms with Crippen LogP contribution in [0.4, 0.5) is 5.69 Å². The Kier molecular flexibility index (Phi) is 5.76. The summed E-state index contributed by atoms with van der Waals surface area (Å²) in [5.74, 6) is 0.595. The molecule has 1 fully saturated rings. The van der Waals surface area contributed by atoms with Crippen molar-refractivity contribution >= 4 is 11.6 Å². The van der Waals surface area contributed by atoms with Gasteiger partial charge < -0.3 is 19.9 Å². The summed E-state index contributed by atoms with van der Waals surface area (Å²) in [4.78, 5) is 21.3. The molecule has 0 saturated carbocycles. The molecule has 1 aromatic carbocycles. The summed E-state index contributed by atoms with van der Waals surface area (Å²) < 4.78 is 11.4. The van der Waals surface area contributed by atoms with Crippen LogP contribution in [0.3, 0.4) is 0 Å². The molecule has 1 amide bonds. The van der Waals surface area contributed by atoms with Gasteiger partial charge in [-0.15, -0.1) is 0 Å². The van der Waals surface area contributed by atoms with Crippen molar-refractivity contribution in [1.82, 2.24) is 20.4 Å². The van der Waals surface area contributed by atoms with Crippen molar-refractivity contribution in [3.05, 3.63) is 53.4 Å². The Morgan fingerprint density at radius 3 is 2.70 bits per heavy atom. The van der Waals surface area contributed by atoms with Crippen LogP contribution in [0.25, 0.3) is 11.1 Å². The Morgan fingerprint density at radius 2 is 2.03 bits per heavy atom. The van der Waals surface area contributed by atoms with Gasteiger partial charge in [-0.2, -0.15) is 0 Å². The van der Waals surface area contributed by atoms with Gasteiger partial charge in [-0.1, -0.05) is 5.16 Å². The second-order valence-corrected chi connectivity index (χ2v) is 7.51. The first-order chi connectivity index (χ1) is 14.5. The van der Waals surface area contributed by atoms with E-state index in [1.54, 1.807) is 13.3 Å². The number of rotatable bonds is 5. The summed E-state index contributed by atoms with van der Waals surface area (Å²) in [6, 6.07) is 5.61. The number of aryl methyl sites for hydroxylation is 3. The fourth-order valence-corrected chi connectivity index (χ4v) is 3.69. The number of benzene rings is 1. The van der Waals surface area contributed by atoms with Gasteiger partial charge in [0.25, 0.3) is 5.91 Å². The highest BCUT2D eigenvalue weighted by Gasteiger charge is 2.21. The van der Waals surface area contributed by atoms with Crippen LogP contribution in [0.5, 0.6) is 5.75 Å². The summed E-state index contributed by atoms with van der Waals surface area (Å²) >= 11 is 0. The van der Waals surface area contributed by atoms with Crippen molar-refractivity contribution in [3.8, 4) is 16.9 Å². The first-order valence-corrected chi connectivity index (χ1v) is 10.1. The van der Waals surface area contributed by atoms with Crippen LogP contribution in [-0.4, -0.2) is 40.2 Å². The van der Waals surface area contributed by atoms with Crippen molar-refractivity contribution < 1.29 is 14.1 Å². The van der Waals surface area contributed by atoms with Gasteiger partial charge in [0.15, 0.2) is 0 Å². The maximum atomic E-state index is 12.6. The number of hydrogen-bond acceptors (Lipinski definition) is 7. The number of aromatic nitrogens is 3. The molecule has 2 aromatic heterocycles. The van der Waals surface area contributed by atoms with Crippen LogP contribution in [0.1, 0.15) is 40.3 Å². The van der Waals surface area contributed by atoms with E-state index in [9.17, 15) is 4.79 Å². The van der Waals surface area contributed by atoms with Crippen LogP contribution < -0.4 is 15.4 Å². The highest BCUT2D eigenvalue weighted by molar-refractivity contribution is 6.03. The molecule has 1 atom stereocenters. The first-order valence-electron chi connectivity index (χ1n) is 10.1. The molecule has 0 spiro atoms. The summed E-state index contributed by atoms with van der Waals surface area (Å²) in [6.07, 6.45) is 5.25. The van der Waals surface area contributed by atoms with Crippen molar-refractivity contribution in [1.29, 1.82) is 0 Å². The van der Waals surface area contributed by atoms with E-state index >= 15 is 0 Å². The third-order valence-electron chi connectivity index (χ3n) is 5.23. The van der Waals surface area contributed by atoms with E-state index in [0.717, 1.165) is 54.2 Å². The predicted octanol–water partition coefficient (Wildman–Crippen LogP) is 3.44. The molecular weight excluding hydrogens is 382 g/mol. The fourth-order valence-electron chi connectivity index (χ4n) is 3.69.